The zero-order valence-corrected chi connectivity index (χ0v) is 21.4. The van der Waals surface area contributed by atoms with Crippen LogP contribution < -0.4 is 4.74 Å². The Morgan fingerprint density at radius 2 is 1.58 bits per heavy atom. The Hall–Kier alpha value is -4.44. The third kappa shape index (κ3) is 5.60. The number of ether oxygens (including phenoxy) is 1. The first-order chi connectivity index (χ1) is 18.2. The number of unbranched alkanes of at least 4 members (excludes halogenated alkanes) is 1. The van der Waals surface area contributed by atoms with E-state index in [0.717, 1.165) is 12.0 Å². The monoisotopic (exact) mass is 534 g/mol. The van der Waals surface area contributed by atoms with E-state index in [0.29, 0.717) is 29.8 Å². The van der Waals surface area contributed by atoms with Crippen molar-refractivity contribution in [2.45, 2.75) is 42.7 Å². The van der Waals surface area contributed by atoms with Crippen LogP contribution in [-0.4, -0.2) is 40.3 Å². The van der Waals surface area contributed by atoms with Gasteiger partial charge in [0.2, 0.25) is 20.7 Å². The van der Waals surface area contributed by atoms with Crippen molar-refractivity contribution in [3.63, 3.8) is 0 Å². The average Bonchev–Trinajstić information content (AvgIpc) is 3.25. The van der Waals surface area contributed by atoms with Crippen LogP contribution in [0.1, 0.15) is 41.5 Å². The van der Waals surface area contributed by atoms with Crippen LogP contribution in [0.15, 0.2) is 88.8 Å². The molecule has 1 heterocycles. The summed E-state index contributed by atoms with van der Waals surface area (Å²) in [6.07, 6.45) is 0.291. The number of sulfone groups is 1. The molecule has 0 aliphatic heterocycles. The number of carboxylic acids is 1. The van der Waals surface area contributed by atoms with E-state index < -0.39 is 27.0 Å². The average molecular weight is 535 g/mol. The number of carbonyl (C=O) groups is 2. The largest absolute Gasteiger partial charge is 0.512 e. The van der Waals surface area contributed by atoms with Gasteiger partial charge in [0.05, 0.1) is 17.0 Å². The van der Waals surface area contributed by atoms with Crippen LogP contribution in [0, 0.1) is 0 Å². The Morgan fingerprint density at radius 1 is 0.921 bits per heavy atom. The van der Waals surface area contributed by atoms with E-state index in [-0.39, 0.29) is 22.9 Å². The molecule has 0 radical (unpaired) electrons. The summed E-state index contributed by atoms with van der Waals surface area (Å²) in [6.45, 7) is 2.08. The predicted molar refractivity (Wildman–Crippen MR) is 139 cm³/mol. The molecule has 0 saturated heterocycles. The fourth-order valence-corrected chi connectivity index (χ4v) is 5.45. The van der Waals surface area contributed by atoms with E-state index >= 15 is 0 Å². The number of hydrogen-bond donors (Lipinski definition) is 2. The van der Waals surface area contributed by atoms with Crippen molar-refractivity contribution < 1.29 is 33.0 Å². The van der Waals surface area contributed by atoms with Gasteiger partial charge in [-0.3, -0.25) is 4.57 Å². The third-order valence-corrected chi connectivity index (χ3v) is 7.65. The van der Waals surface area contributed by atoms with Gasteiger partial charge in [0.1, 0.15) is 5.82 Å². The molecule has 0 amide bonds. The zero-order valence-electron chi connectivity index (χ0n) is 20.6. The molecule has 0 saturated carbocycles. The van der Waals surface area contributed by atoms with Crippen LogP contribution in [0.4, 0.5) is 4.79 Å². The third-order valence-electron chi connectivity index (χ3n) is 5.98. The highest BCUT2D eigenvalue weighted by atomic mass is 32.2. The lowest BCUT2D eigenvalue weighted by molar-refractivity contribution is 0.0697. The van der Waals surface area contributed by atoms with Crippen molar-refractivity contribution in [2.24, 2.45) is 0 Å². The number of aromatic carboxylic acids is 1. The molecule has 0 spiro atoms. The molecule has 38 heavy (non-hydrogen) atoms. The summed E-state index contributed by atoms with van der Waals surface area (Å²) in [4.78, 5) is 27.5. The van der Waals surface area contributed by atoms with Crippen LogP contribution >= 0.6 is 0 Å². The maximum absolute atomic E-state index is 13.4. The minimum absolute atomic E-state index is 0.0246. The van der Waals surface area contributed by atoms with Crippen molar-refractivity contribution in [1.29, 1.82) is 0 Å². The van der Waals surface area contributed by atoms with Crippen LogP contribution in [0.3, 0.4) is 0 Å². The van der Waals surface area contributed by atoms with E-state index in [1.165, 1.54) is 22.8 Å². The van der Waals surface area contributed by atoms with Gasteiger partial charge in [-0.15, -0.1) is 0 Å². The van der Waals surface area contributed by atoms with Gasteiger partial charge in [-0.2, -0.15) is 0 Å². The predicted octanol–water partition coefficient (Wildman–Crippen LogP) is 5.53. The summed E-state index contributed by atoms with van der Waals surface area (Å²) in [5, 5.41) is 18.5. The van der Waals surface area contributed by atoms with E-state index in [9.17, 15) is 28.2 Å². The second-order valence-electron chi connectivity index (χ2n) is 8.56. The summed E-state index contributed by atoms with van der Waals surface area (Å²) in [5.41, 5.74) is 2.14. The van der Waals surface area contributed by atoms with Crippen molar-refractivity contribution >= 4 is 22.0 Å². The van der Waals surface area contributed by atoms with Gasteiger partial charge in [0, 0.05) is 6.42 Å². The number of nitrogens with zero attached hydrogens (tertiary/aromatic N) is 2. The summed E-state index contributed by atoms with van der Waals surface area (Å²) in [7, 11) is -4.17. The molecule has 3 aromatic carbocycles. The number of carboxylic acid groups (broad SMARTS) is 2. The van der Waals surface area contributed by atoms with Gasteiger partial charge in [0.15, 0.2) is 0 Å². The minimum atomic E-state index is -4.17. The molecule has 0 aliphatic carbocycles. The lowest BCUT2D eigenvalue weighted by Gasteiger charge is -2.13. The fourth-order valence-electron chi connectivity index (χ4n) is 4.11. The van der Waals surface area contributed by atoms with Gasteiger partial charge in [-0.05, 0) is 41.3 Å². The van der Waals surface area contributed by atoms with Crippen LogP contribution in [0.2, 0.25) is 0 Å². The van der Waals surface area contributed by atoms with Gasteiger partial charge in [0.25, 0.3) is 0 Å². The molecule has 10 heteroatoms. The Kier molecular flexibility index (Phi) is 7.92. The molecule has 4 rings (SSSR count). The van der Waals surface area contributed by atoms with Crippen molar-refractivity contribution in [3.8, 4) is 17.0 Å². The number of hydrogen-bond acceptors (Lipinski definition) is 6. The number of aromatic nitrogens is 2. The molecular formula is C28H26N2O7S. The van der Waals surface area contributed by atoms with Crippen LogP contribution in [0.25, 0.3) is 11.1 Å². The van der Waals surface area contributed by atoms with E-state index in [2.05, 4.69) is 4.98 Å². The normalized spacial score (nSPS) is 11.3. The summed E-state index contributed by atoms with van der Waals surface area (Å²) < 4.78 is 33.3. The van der Waals surface area contributed by atoms with Crippen molar-refractivity contribution in [2.75, 3.05) is 0 Å². The molecule has 0 aliphatic rings. The Morgan fingerprint density at radius 3 is 2.21 bits per heavy atom. The highest BCUT2D eigenvalue weighted by molar-refractivity contribution is 7.91. The number of benzene rings is 3. The lowest BCUT2D eigenvalue weighted by atomic mass is 9.99. The molecule has 0 atom stereocenters. The number of aryl methyl sites for hydroxylation is 1. The molecule has 2 N–H and O–H groups in total. The molecule has 9 nitrogen and oxygen atoms in total. The molecule has 1 aromatic heterocycles. The number of imidazole rings is 1. The van der Waals surface area contributed by atoms with Gasteiger partial charge >= 0.3 is 12.1 Å². The molecule has 0 fully saturated rings. The molecule has 0 unspecified atom stereocenters. The first kappa shape index (κ1) is 26.6. The second kappa shape index (κ2) is 11.3. The van der Waals surface area contributed by atoms with E-state index in [4.69, 9.17) is 4.74 Å². The first-order valence-corrected chi connectivity index (χ1v) is 13.4. The fraction of sp³-hybridized carbons (Fsp3) is 0.179. The maximum atomic E-state index is 13.4. The van der Waals surface area contributed by atoms with Gasteiger partial charge in [-0.25, -0.2) is 23.0 Å². The Labute approximate surface area is 219 Å². The summed E-state index contributed by atoms with van der Waals surface area (Å²) >= 11 is 0. The van der Waals surface area contributed by atoms with Crippen molar-refractivity contribution in [1.82, 2.24) is 9.55 Å². The summed E-state index contributed by atoms with van der Waals surface area (Å²) in [5.74, 6) is -1.02. The van der Waals surface area contributed by atoms with Crippen LogP contribution in [-0.2, 0) is 22.8 Å². The van der Waals surface area contributed by atoms with E-state index in [1.807, 2.05) is 6.92 Å². The molecule has 0 bridgehead atoms. The zero-order chi connectivity index (χ0) is 27.3. The van der Waals surface area contributed by atoms with Crippen molar-refractivity contribution in [3.05, 3.63) is 95.8 Å². The highest BCUT2D eigenvalue weighted by Gasteiger charge is 2.31. The smallest absolute Gasteiger partial charge is 0.478 e. The Bertz CT molecular complexity index is 1560. The maximum Gasteiger partial charge on any atom is 0.512 e. The highest BCUT2D eigenvalue weighted by Crippen LogP contribution is 2.32. The molecular weight excluding hydrogens is 508 g/mol. The topological polar surface area (TPSA) is 136 Å². The quantitative estimate of drug-likeness (QED) is 0.254. The minimum Gasteiger partial charge on any atom is -0.478 e. The lowest BCUT2D eigenvalue weighted by Crippen LogP contribution is -2.13. The summed E-state index contributed by atoms with van der Waals surface area (Å²) in [6, 6.07) is 21.4. The Balaban J connectivity index is 1.78. The number of rotatable bonds is 10. The standard InChI is InChI=1S/C28H26N2O7S/c1-2-3-13-24-29-25(38(35,36)21-9-5-4-6-10-21)26(37-28(33)34)30(24)18-19-14-16-20(17-15-19)22-11-7-8-12-23(22)27(31)32/h4-12,14-17H,2-3,13,18H2,1H3,(H,31,32)(H,33,34). The molecule has 4 aromatic rings. The SMILES string of the molecule is CCCCc1nc(S(=O)(=O)c2ccccc2)c(OC(=O)O)n1Cc1ccc(-c2ccccc2C(=O)O)cc1. The van der Waals surface area contributed by atoms with Gasteiger partial charge in [-0.1, -0.05) is 74.0 Å². The molecule has 196 valence electrons. The van der Waals surface area contributed by atoms with E-state index in [1.54, 1.807) is 60.7 Å². The second-order valence-corrected chi connectivity index (χ2v) is 10.4. The van der Waals surface area contributed by atoms with Crippen LogP contribution in [0.5, 0.6) is 5.88 Å². The van der Waals surface area contributed by atoms with Gasteiger partial charge < -0.3 is 14.9 Å². The first-order valence-electron chi connectivity index (χ1n) is 11.9.